The van der Waals surface area contributed by atoms with Crippen LogP contribution in [0.5, 0.6) is 0 Å². The number of thiazole rings is 1. The Morgan fingerprint density at radius 3 is 2.38 bits per heavy atom. The quantitative estimate of drug-likeness (QED) is 0.588. The molecule has 0 saturated heterocycles. The summed E-state index contributed by atoms with van der Waals surface area (Å²) >= 11 is 5.08. The first-order valence-corrected chi connectivity index (χ1v) is 10.2. The van der Waals surface area contributed by atoms with Crippen molar-refractivity contribution in [3.63, 3.8) is 0 Å². The number of hydrogen-bond acceptors (Lipinski definition) is 3. The van der Waals surface area contributed by atoms with Crippen molar-refractivity contribution in [1.82, 2.24) is 10.3 Å². The Hall–Kier alpha value is -1.98. The first kappa shape index (κ1) is 18.8. The number of nitrogens with zero attached hydrogens (tertiary/aromatic N) is 1. The monoisotopic (exact) mass is 428 g/mol. The predicted molar refractivity (Wildman–Crippen MR) is 111 cm³/mol. The van der Waals surface area contributed by atoms with Gasteiger partial charge in [0.05, 0.1) is 17.1 Å². The summed E-state index contributed by atoms with van der Waals surface area (Å²) in [6.07, 6.45) is 1.21. The number of carbonyl (C=O) groups is 1. The van der Waals surface area contributed by atoms with Gasteiger partial charge in [-0.2, -0.15) is 0 Å². The zero-order valence-corrected chi connectivity index (χ0v) is 17.2. The normalized spacial score (nSPS) is 12.0. The molecule has 3 aromatic rings. The Morgan fingerprint density at radius 1 is 1.12 bits per heavy atom. The Balaban J connectivity index is 1.53. The van der Waals surface area contributed by atoms with Crippen molar-refractivity contribution in [3.8, 4) is 11.3 Å². The van der Waals surface area contributed by atoms with E-state index in [1.54, 1.807) is 11.3 Å². The van der Waals surface area contributed by atoms with Gasteiger partial charge in [-0.3, -0.25) is 4.79 Å². The maximum atomic E-state index is 12.3. The largest absolute Gasteiger partial charge is 0.353 e. The van der Waals surface area contributed by atoms with Crippen molar-refractivity contribution in [2.75, 3.05) is 0 Å². The molecule has 1 unspecified atom stereocenters. The lowest BCUT2D eigenvalue weighted by Gasteiger charge is -2.14. The average Bonchev–Trinajstić information content (AvgIpc) is 3.04. The van der Waals surface area contributed by atoms with Crippen LogP contribution < -0.4 is 5.32 Å². The van der Waals surface area contributed by atoms with Gasteiger partial charge in [-0.25, -0.2) is 4.98 Å². The molecular weight excluding hydrogens is 408 g/mol. The number of hydrogen-bond donors (Lipinski definition) is 1. The molecule has 26 heavy (non-hydrogen) atoms. The van der Waals surface area contributed by atoms with Gasteiger partial charge in [-0.15, -0.1) is 11.3 Å². The Labute approximate surface area is 166 Å². The van der Waals surface area contributed by atoms with Crippen LogP contribution in [0.3, 0.4) is 0 Å². The highest BCUT2D eigenvalue weighted by Gasteiger charge is 2.10. The first-order chi connectivity index (χ1) is 12.5. The highest BCUT2D eigenvalue weighted by Crippen LogP contribution is 2.22. The minimum Gasteiger partial charge on any atom is -0.353 e. The molecule has 1 aromatic heterocycles. The molecule has 1 N–H and O–H groups in total. The summed E-state index contributed by atoms with van der Waals surface area (Å²) in [7, 11) is 0. The van der Waals surface area contributed by atoms with Gasteiger partial charge in [0.2, 0.25) is 5.91 Å². The maximum absolute atomic E-state index is 12.3. The van der Waals surface area contributed by atoms with E-state index in [2.05, 4.69) is 43.7 Å². The van der Waals surface area contributed by atoms with Crippen molar-refractivity contribution in [1.29, 1.82) is 0 Å². The summed E-state index contributed by atoms with van der Waals surface area (Å²) in [4.78, 5) is 16.8. The van der Waals surface area contributed by atoms with E-state index in [4.69, 9.17) is 0 Å². The van der Waals surface area contributed by atoms with Gasteiger partial charge in [0.15, 0.2) is 0 Å². The van der Waals surface area contributed by atoms with Gasteiger partial charge >= 0.3 is 0 Å². The molecular formula is C21H21BrN2OS. The summed E-state index contributed by atoms with van der Waals surface area (Å²) < 4.78 is 1.06. The Bertz CT molecular complexity index is 872. The van der Waals surface area contributed by atoms with Crippen LogP contribution in [0.4, 0.5) is 0 Å². The number of nitrogens with one attached hydrogen (secondary N) is 1. The van der Waals surface area contributed by atoms with E-state index >= 15 is 0 Å². The lowest BCUT2D eigenvalue weighted by Crippen LogP contribution is -2.35. The lowest BCUT2D eigenvalue weighted by molar-refractivity contribution is -0.121. The standard InChI is InChI=1S/C21H21BrN2OS/c1-14(11-16-5-9-19(22)10-6-16)23-21(25)12-17-3-7-18(8-4-17)20-13-26-15(2)24-20/h3-10,13-14H,11-12H2,1-2H3,(H,23,25). The topological polar surface area (TPSA) is 42.0 Å². The minimum atomic E-state index is 0.0480. The summed E-state index contributed by atoms with van der Waals surface area (Å²) in [6, 6.07) is 16.4. The van der Waals surface area contributed by atoms with E-state index in [1.807, 2.05) is 50.2 Å². The van der Waals surface area contributed by atoms with E-state index in [0.29, 0.717) is 6.42 Å². The zero-order chi connectivity index (χ0) is 18.5. The highest BCUT2D eigenvalue weighted by atomic mass is 79.9. The number of aromatic nitrogens is 1. The SMILES string of the molecule is Cc1nc(-c2ccc(CC(=O)NC(C)Cc3ccc(Br)cc3)cc2)cs1. The van der Waals surface area contributed by atoms with E-state index in [9.17, 15) is 4.79 Å². The van der Waals surface area contributed by atoms with E-state index in [-0.39, 0.29) is 11.9 Å². The molecule has 0 spiro atoms. The second-order valence-corrected chi connectivity index (χ2v) is 8.40. The third kappa shape index (κ3) is 5.26. The van der Waals surface area contributed by atoms with Crippen molar-refractivity contribution in [2.24, 2.45) is 0 Å². The molecule has 2 aromatic carbocycles. The van der Waals surface area contributed by atoms with Gasteiger partial charge in [0, 0.05) is 21.5 Å². The van der Waals surface area contributed by atoms with Crippen molar-refractivity contribution >= 4 is 33.2 Å². The van der Waals surface area contributed by atoms with Gasteiger partial charge in [0.25, 0.3) is 0 Å². The number of benzene rings is 2. The average molecular weight is 429 g/mol. The fourth-order valence-corrected chi connectivity index (χ4v) is 3.71. The molecule has 1 heterocycles. The molecule has 1 atom stereocenters. The second-order valence-electron chi connectivity index (χ2n) is 6.42. The van der Waals surface area contributed by atoms with Crippen molar-refractivity contribution < 1.29 is 4.79 Å². The van der Waals surface area contributed by atoms with Crippen LogP contribution >= 0.6 is 27.3 Å². The van der Waals surface area contributed by atoms with Crippen LogP contribution in [0.15, 0.2) is 58.4 Å². The zero-order valence-electron chi connectivity index (χ0n) is 14.8. The third-order valence-corrected chi connectivity index (χ3v) is 5.40. The Kier molecular flexibility index (Phi) is 6.22. The summed E-state index contributed by atoms with van der Waals surface area (Å²) in [6.45, 7) is 4.04. The van der Waals surface area contributed by atoms with Gasteiger partial charge in [-0.1, -0.05) is 52.3 Å². The number of amides is 1. The Morgan fingerprint density at radius 2 is 1.77 bits per heavy atom. The molecule has 1 amide bonds. The number of halogens is 1. The molecule has 5 heteroatoms. The molecule has 0 fully saturated rings. The molecule has 3 nitrogen and oxygen atoms in total. The molecule has 0 radical (unpaired) electrons. The lowest BCUT2D eigenvalue weighted by atomic mass is 10.1. The number of rotatable bonds is 6. The minimum absolute atomic E-state index is 0.0480. The highest BCUT2D eigenvalue weighted by molar-refractivity contribution is 9.10. The number of aryl methyl sites for hydroxylation is 1. The summed E-state index contributed by atoms with van der Waals surface area (Å²) in [5.74, 6) is 0.0480. The van der Waals surface area contributed by atoms with E-state index in [1.165, 1.54) is 5.56 Å². The van der Waals surface area contributed by atoms with Crippen molar-refractivity contribution in [2.45, 2.75) is 32.7 Å². The van der Waals surface area contributed by atoms with Gasteiger partial charge in [0.1, 0.15) is 0 Å². The molecule has 134 valence electrons. The molecule has 0 bridgehead atoms. The van der Waals surface area contributed by atoms with Crippen LogP contribution in [-0.2, 0) is 17.6 Å². The number of carbonyl (C=O) groups excluding carboxylic acids is 1. The summed E-state index contributed by atoms with van der Waals surface area (Å²) in [5.41, 5.74) is 4.30. The third-order valence-electron chi connectivity index (χ3n) is 4.10. The molecule has 0 aliphatic carbocycles. The summed E-state index contributed by atoms with van der Waals surface area (Å²) in [5, 5.41) is 6.19. The molecule has 0 saturated carbocycles. The fraction of sp³-hybridized carbons (Fsp3) is 0.238. The molecule has 0 aliphatic heterocycles. The fourth-order valence-electron chi connectivity index (χ4n) is 2.83. The van der Waals surface area contributed by atoms with Crippen molar-refractivity contribution in [3.05, 3.63) is 74.5 Å². The van der Waals surface area contributed by atoms with Crippen LogP contribution in [0.1, 0.15) is 23.1 Å². The van der Waals surface area contributed by atoms with Gasteiger partial charge in [-0.05, 0) is 43.5 Å². The van der Waals surface area contributed by atoms with E-state index < -0.39 is 0 Å². The van der Waals surface area contributed by atoms with Crippen LogP contribution in [0.25, 0.3) is 11.3 Å². The van der Waals surface area contributed by atoms with Crippen LogP contribution in [-0.4, -0.2) is 16.9 Å². The second kappa shape index (κ2) is 8.60. The maximum Gasteiger partial charge on any atom is 0.224 e. The predicted octanol–water partition coefficient (Wildman–Crippen LogP) is 5.17. The van der Waals surface area contributed by atoms with Crippen LogP contribution in [0, 0.1) is 6.92 Å². The van der Waals surface area contributed by atoms with E-state index in [0.717, 1.165) is 32.7 Å². The van der Waals surface area contributed by atoms with Gasteiger partial charge < -0.3 is 5.32 Å². The molecule has 3 rings (SSSR count). The van der Waals surface area contributed by atoms with Crippen LogP contribution in [0.2, 0.25) is 0 Å². The molecule has 0 aliphatic rings. The first-order valence-electron chi connectivity index (χ1n) is 8.55. The smallest absolute Gasteiger partial charge is 0.224 e.